The van der Waals surface area contributed by atoms with Crippen molar-refractivity contribution in [2.45, 2.75) is 64.8 Å². The lowest BCUT2D eigenvalue weighted by molar-refractivity contribution is -0.697. The third-order valence-corrected chi connectivity index (χ3v) is 5.37. The van der Waals surface area contributed by atoms with Crippen LogP contribution in [0.1, 0.15) is 58.3 Å². The summed E-state index contributed by atoms with van der Waals surface area (Å²) in [6, 6.07) is 10.3. The molecule has 4 heteroatoms. The normalized spacial score (nSPS) is 10.8. The van der Waals surface area contributed by atoms with Crippen LogP contribution in [0.5, 0.6) is 0 Å². The van der Waals surface area contributed by atoms with Gasteiger partial charge in [-0.1, -0.05) is 49.9 Å². The molecule has 2 rings (SSSR count). The van der Waals surface area contributed by atoms with Crippen molar-refractivity contribution in [1.82, 2.24) is 4.98 Å². The highest BCUT2D eigenvalue weighted by atomic mass is 32.2. The van der Waals surface area contributed by atoms with Crippen molar-refractivity contribution in [1.29, 1.82) is 0 Å². The van der Waals surface area contributed by atoms with Gasteiger partial charge in [0, 0.05) is 43.0 Å². The van der Waals surface area contributed by atoms with Crippen LogP contribution in [0.25, 0.3) is 11.3 Å². The van der Waals surface area contributed by atoms with Crippen molar-refractivity contribution in [2.75, 3.05) is 5.75 Å². The fraction of sp³-hybridized carbons (Fsp3) is 0.500. The summed E-state index contributed by atoms with van der Waals surface area (Å²) in [6.07, 6.45) is 16.4. The molecule has 0 aliphatic carbocycles. The summed E-state index contributed by atoms with van der Waals surface area (Å²) in [4.78, 5) is 15.2. The van der Waals surface area contributed by atoms with Crippen molar-refractivity contribution >= 4 is 16.9 Å². The van der Waals surface area contributed by atoms with E-state index >= 15 is 0 Å². The monoisotopic (exact) mass is 371 g/mol. The average molecular weight is 372 g/mol. The highest BCUT2D eigenvalue weighted by Crippen LogP contribution is 2.14. The van der Waals surface area contributed by atoms with E-state index < -0.39 is 0 Å². The maximum atomic E-state index is 10.8. The summed E-state index contributed by atoms with van der Waals surface area (Å²) >= 11 is 1.46. The second-order valence-electron chi connectivity index (χ2n) is 6.71. The van der Waals surface area contributed by atoms with Gasteiger partial charge < -0.3 is 0 Å². The SMILES string of the molecule is CC(=O)SCCCCCCCCCC[n+]1ccc(-c2ccccn2)cc1. The Morgan fingerprint density at radius 3 is 2.19 bits per heavy atom. The molecule has 0 N–H and O–H groups in total. The zero-order chi connectivity index (χ0) is 18.5. The number of aryl methyl sites for hydroxylation is 1. The number of rotatable bonds is 12. The van der Waals surface area contributed by atoms with Gasteiger partial charge in [-0.05, 0) is 25.0 Å². The minimum absolute atomic E-state index is 0.245. The Labute approximate surface area is 162 Å². The largest absolute Gasteiger partial charge is 0.288 e. The first-order valence-corrected chi connectivity index (χ1v) is 10.8. The fourth-order valence-electron chi connectivity index (χ4n) is 2.98. The van der Waals surface area contributed by atoms with E-state index in [4.69, 9.17) is 0 Å². The van der Waals surface area contributed by atoms with Gasteiger partial charge in [0.1, 0.15) is 6.54 Å². The highest BCUT2D eigenvalue weighted by Gasteiger charge is 2.03. The third-order valence-electron chi connectivity index (χ3n) is 4.47. The smallest absolute Gasteiger partial charge is 0.185 e. The lowest BCUT2D eigenvalue weighted by Gasteiger charge is -2.02. The van der Waals surface area contributed by atoms with E-state index in [-0.39, 0.29) is 5.12 Å². The molecule has 0 spiro atoms. The lowest BCUT2D eigenvalue weighted by atomic mass is 10.1. The molecule has 0 aromatic carbocycles. The summed E-state index contributed by atoms with van der Waals surface area (Å²) in [6.45, 7) is 2.74. The molecule has 2 aromatic heterocycles. The molecule has 0 unspecified atom stereocenters. The number of unbranched alkanes of at least 4 members (excludes halogenated alkanes) is 7. The van der Waals surface area contributed by atoms with E-state index in [2.05, 4.69) is 34.1 Å². The van der Waals surface area contributed by atoms with Crippen LogP contribution < -0.4 is 4.57 Å². The van der Waals surface area contributed by atoms with Crippen molar-refractivity contribution in [3.63, 3.8) is 0 Å². The summed E-state index contributed by atoms with van der Waals surface area (Å²) in [7, 11) is 0. The predicted molar refractivity (Wildman–Crippen MR) is 110 cm³/mol. The summed E-state index contributed by atoms with van der Waals surface area (Å²) in [5, 5.41) is 0.245. The summed E-state index contributed by atoms with van der Waals surface area (Å²) in [5.41, 5.74) is 2.20. The number of pyridine rings is 2. The van der Waals surface area contributed by atoms with Crippen molar-refractivity contribution in [3.8, 4) is 11.3 Å². The molecule has 0 amide bonds. The Morgan fingerprint density at radius 2 is 1.58 bits per heavy atom. The molecule has 140 valence electrons. The maximum absolute atomic E-state index is 10.8. The summed E-state index contributed by atoms with van der Waals surface area (Å²) in [5.74, 6) is 0.992. The molecule has 0 saturated heterocycles. The van der Waals surface area contributed by atoms with Crippen LogP contribution >= 0.6 is 11.8 Å². The van der Waals surface area contributed by atoms with Crippen LogP contribution in [0.15, 0.2) is 48.9 Å². The van der Waals surface area contributed by atoms with Crippen LogP contribution in [0, 0.1) is 0 Å². The van der Waals surface area contributed by atoms with Gasteiger partial charge in [-0.15, -0.1) is 0 Å². The Bertz CT molecular complexity index is 628. The molecule has 0 fully saturated rings. The quantitative estimate of drug-likeness (QED) is 0.368. The molecule has 0 aliphatic rings. The van der Waals surface area contributed by atoms with Crippen molar-refractivity contribution < 1.29 is 9.36 Å². The van der Waals surface area contributed by atoms with E-state index in [1.807, 2.05) is 24.4 Å². The molecule has 3 nitrogen and oxygen atoms in total. The van der Waals surface area contributed by atoms with Crippen LogP contribution in [0.4, 0.5) is 0 Å². The molecule has 0 atom stereocenters. The molecule has 0 saturated carbocycles. The number of hydrogen-bond donors (Lipinski definition) is 0. The first-order valence-electron chi connectivity index (χ1n) is 9.79. The van der Waals surface area contributed by atoms with Gasteiger partial charge in [0.05, 0.1) is 5.69 Å². The second-order valence-corrected chi connectivity index (χ2v) is 7.98. The number of carbonyl (C=O) groups is 1. The van der Waals surface area contributed by atoms with Gasteiger partial charge in [-0.3, -0.25) is 9.78 Å². The predicted octanol–water partition coefficient (Wildman–Crippen LogP) is 5.44. The number of aromatic nitrogens is 2. The molecular weight excluding hydrogens is 340 g/mol. The number of hydrogen-bond acceptors (Lipinski definition) is 3. The number of nitrogens with zero attached hydrogens (tertiary/aromatic N) is 2. The molecule has 0 radical (unpaired) electrons. The molecule has 2 heterocycles. The topological polar surface area (TPSA) is 33.8 Å². The Kier molecular flexibility index (Phi) is 10.0. The summed E-state index contributed by atoms with van der Waals surface area (Å²) < 4.78 is 2.26. The van der Waals surface area contributed by atoms with Crippen molar-refractivity contribution in [2.24, 2.45) is 0 Å². The van der Waals surface area contributed by atoms with E-state index in [0.717, 1.165) is 18.0 Å². The fourth-order valence-corrected chi connectivity index (χ4v) is 3.62. The van der Waals surface area contributed by atoms with Crippen LogP contribution in [-0.4, -0.2) is 15.9 Å². The van der Waals surface area contributed by atoms with Crippen LogP contribution in [-0.2, 0) is 11.3 Å². The van der Waals surface area contributed by atoms with Crippen LogP contribution in [0.2, 0.25) is 0 Å². The van der Waals surface area contributed by atoms with E-state index in [0.29, 0.717) is 0 Å². The Balaban J connectivity index is 1.49. The molecule has 2 aromatic rings. The van der Waals surface area contributed by atoms with E-state index in [1.165, 1.54) is 68.7 Å². The Hall–Kier alpha value is -1.68. The molecule has 0 aliphatic heterocycles. The van der Waals surface area contributed by atoms with E-state index in [9.17, 15) is 4.79 Å². The average Bonchev–Trinajstić information content (AvgIpc) is 2.67. The zero-order valence-electron chi connectivity index (χ0n) is 15.9. The maximum Gasteiger partial charge on any atom is 0.185 e. The number of carbonyl (C=O) groups excluding carboxylic acids is 1. The molecule has 0 bridgehead atoms. The van der Waals surface area contributed by atoms with Gasteiger partial charge >= 0.3 is 0 Å². The van der Waals surface area contributed by atoms with Gasteiger partial charge in [0.15, 0.2) is 17.5 Å². The van der Waals surface area contributed by atoms with Gasteiger partial charge in [-0.2, -0.15) is 0 Å². The van der Waals surface area contributed by atoms with Gasteiger partial charge in [-0.25, -0.2) is 4.57 Å². The first-order chi connectivity index (χ1) is 12.8. The van der Waals surface area contributed by atoms with Crippen molar-refractivity contribution in [3.05, 3.63) is 48.9 Å². The molecule has 26 heavy (non-hydrogen) atoms. The first kappa shape index (κ1) is 20.6. The highest BCUT2D eigenvalue weighted by molar-refractivity contribution is 8.13. The van der Waals surface area contributed by atoms with Gasteiger partial charge in [0.2, 0.25) is 0 Å². The lowest BCUT2D eigenvalue weighted by Crippen LogP contribution is -2.32. The zero-order valence-corrected chi connectivity index (χ0v) is 16.7. The Morgan fingerprint density at radius 1 is 0.923 bits per heavy atom. The molecular formula is C22H31N2OS+. The standard InChI is InChI=1S/C22H31N2OS/c1-20(25)26-19-11-7-5-3-2-4-6-10-16-24-17-13-21(14-18-24)22-12-8-9-15-23-22/h8-9,12-15,17-18H,2-7,10-11,16,19H2,1H3/q+1. The van der Waals surface area contributed by atoms with E-state index in [1.54, 1.807) is 6.92 Å². The van der Waals surface area contributed by atoms with Gasteiger partial charge in [0.25, 0.3) is 0 Å². The minimum Gasteiger partial charge on any atom is -0.288 e. The van der Waals surface area contributed by atoms with Crippen LogP contribution in [0.3, 0.4) is 0 Å². The second kappa shape index (κ2) is 12.6. The number of thioether (sulfide) groups is 1. The minimum atomic E-state index is 0.245. The third kappa shape index (κ3) is 8.61.